The van der Waals surface area contributed by atoms with Crippen molar-refractivity contribution in [1.82, 2.24) is 0 Å². The molecule has 0 spiro atoms. The van der Waals surface area contributed by atoms with Gasteiger partial charge in [-0.3, -0.25) is 0 Å². The summed E-state index contributed by atoms with van der Waals surface area (Å²) in [6.45, 7) is 10.9. The van der Waals surface area contributed by atoms with E-state index in [4.69, 9.17) is 9.47 Å². The maximum Gasteiger partial charge on any atom is 0.163 e. The van der Waals surface area contributed by atoms with E-state index in [-0.39, 0.29) is 17.1 Å². The van der Waals surface area contributed by atoms with Crippen molar-refractivity contribution in [2.45, 2.75) is 59.2 Å². The Bertz CT molecular complexity index is 420. The Morgan fingerprint density at radius 3 is 2.09 bits per heavy atom. The molecule has 0 fully saturated rings. The monoisotopic (exact) mass is 324 g/mol. The van der Waals surface area contributed by atoms with E-state index in [1.54, 1.807) is 18.9 Å². The first-order valence-electron chi connectivity index (χ1n) is 8.07. The summed E-state index contributed by atoms with van der Waals surface area (Å²) in [5, 5.41) is 0. The lowest BCUT2D eigenvalue weighted by atomic mass is 9.96. The van der Waals surface area contributed by atoms with Crippen molar-refractivity contribution in [3.05, 3.63) is 35.4 Å². The van der Waals surface area contributed by atoms with Gasteiger partial charge in [-0.25, -0.2) is 0 Å². The summed E-state index contributed by atoms with van der Waals surface area (Å²) in [7, 11) is 1.71. The number of methoxy groups -OCH3 is 1. The number of hydrogen-bond donors (Lipinski definition) is 0. The molecule has 0 bridgehead atoms. The largest absolute Gasteiger partial charge is 0.355 e. The van der Waals surface area contributed by atoms with Gasteiger partial charge in [0.2, 0.25) is 0 Å². The highest BCUT2D eigenvalue weighted by molar-refractivity contribution is 7.98. The second-order valence-electron chi connectivity index (χ2n) is 7.31. The fraction of sp³-hybridized carbons (Fsp3) is 0.684. The number of thioether (sulfide) groups is 1. The molecule has 0 aromatic heterocycles. The molecule has 22 heavy (non-hydrogen) atoms. The maximum atomic E-state index is 6.18. The first-order chi connectivity index (χ1) is 10.3. The molecule has 1 aromatic rings. The molecule has 1 rings (SSSR count). The van der Waals surface area contributed by atoms with Crippen LogP contribution in [0.3, 0.4) is 0 Å². The van der Waals surface area contributed by atoms with Crippen molar-refractivity contribution in [2.24, 2.45) is 11.3 Å². The van der Waals surface area contributed by atoms with Crippen LogP contribution in [0.2, 0.25) is 0 Å². The van der Waals surface area contributed by atoms with Gasteiger partial charge in [-0.15, -0.1) is 11.8 Å². The van der Waals surface area contributed by atoms with Crippen LogP contribution in [-0.2, 0) is 15.9 Å². The van der Waals surface area contributed by atoms with E-state index in [0.717, 1.165) is 12.3 Å². The van der Waals surface area contributed by atoms with Gasteiger partial charge in [0.15, 0.2) is 6.29 Å². The molecule has 1 aromatic carbocycles. The van der Waals surface area contributed by atoms with Gasteiger partial charge in [-0.2, -0.15) is 0 Å². The Hall–Kier alpha value is -0.510. The van der Waals surface area contributed by atoms with Gasteiger partial charge in [-0.05, 0) is 36.1 Å². The number of aryl methyl sites for hydroxylation is 1. The quantitative estimate of drug-likeness (QED) is 0.574. The smallest absolute Gasteiger partial charge is 0.163 e. The van der Waals surface area contributed by atoms with Crippen molar-refractivity contribution >= 4 is 11.8 Å². The summed E-state index contributed by atoms with van der Waals surface area (Å²) >= 11 is 1.70. The molecule has 0 N–H and O–H groups in total. The van der Waals surface area contributed by atoms with Crippen LogP contribution in [0.1, 0.15) is 57.6 Å². The van der Waals surface area contributed by atoms with Gasteiger partial charge in [-0.1, -0.05) is 58.9 Å². The van der Waals surface area contributed by atoms with E-state index in [2.05, 4.69) is 65.1 Å². The third kappa shape index (κ3) is 6.31. The fourth-order valence-corrected chi connectivity index (χ4v) is 2.93. The molecule has 2 atom stereocenters. The van der Waals surface area contributed by atoms with Gasteiger partial charge in [0.25, 0.3) is 0 Å². The summed E-state index contributed by atoms with van der Waals surface area (Å²) in [4.78, 5) is 0. The van der Waals surface area contributed by atoms with E-state index in [1.807, 2.05) is 0 Å². The Kier molecular flexibility index (Phi) is 7.95. The lowest BCUT2D eigenvalue weighted by molar-refractivity contribution is -0.187. The zero-order valence-corrected chi connectivity index (χ0v) is 16.0. The molecule has 126 valence electrons. The van der Waals surface area contributed by atoms with Gasteiger partial charge in [0.05, 0.1) is 0 Å². The van der Waals surface area contributed by atoms with Crippen LogP contribution < -0.4 is 0 Å². The second-order valence-corrected chi connectivity index (χ2v) is 8.21. The molecule has 2 unspecified atom stereocenters. The van der Waals surface area contributed by atoms with Gasteiger partial charge in [0, 0.05) is 12.5 Å². The third-order valence-electron chi connectivity index (χ3n) is 3.64. The lowest BCUT2D eigenvalue weighted by Gasteiger charge is -2.32. The molecule has 0 saturated heterocycles. The molecule has 2 nitrogen and oxygen atoms in total. The van der Waals surface area contributed by atoms with Crippen molar-refractivity contribution in [1.29, 1.82) is 0 Å². The molecule has 0 amide bonds. The Morgan fingerprint density at radius 1 is 1.09 bits per heavy atom. The van der Waals surface area contributed by atoms with E-state index in [1.165, 1.54) is 17.5 Å². The summed E-state index contributed by atoms with van der Waals surface area (Å²) < 4.78 is 11.7. The predicted molar refractivity (Wildman–Crippen MR) is 97.2 cm³/mol. The van der Waals surface area contributed by atoms with Crippen molar-refractivity contribution in [3.8, 4) is 0 Å². The average molecular weight is 325 g/mol. The highest BCUT2D eigenvalue weighted by Crippen LogP contribution is 2.34. The Morgan fingerprint density at radius 2 is 1.68 bits per heavy atom. The minimum atomic E-state index is -0.217. The summed E-state index contributed by atoms with van der Waals surface area (Å²) in [5.74, 6) is 0.746. The van der Waals surface area contributed by atoms with Crippen LogP contribution in [0.4, 0.5) is 0 Å². The number of benzene rings is 1. The Balaban J connectivity index is 2.74. The molecular formula is C19H32O2S. The minimum Gasteiger partial charge on any atom is -0.355 e. The van der Waals surface area contributed by atoms with E-state index >= 15 is 0 Å². The molecule has 0 radical (unpaired) electrons. The van der Waals surface area contributed by atoms with Crippen LogP contribution in [0.5, 0.6) is 0 Å². The molecule has 3 heteroatoms. The van der Waals surface area contributed by atoms with Crippen LogP contribution in [0, 0.1) is 11.3 Å². The molecule has 0 heterocycles. The van der Waals surface area contributed by atoms with Gasteiger partial charge >= 0.3 is 0 Å². The molecule has 0 aliphatic carbocycles. The number of hydrogen-bond acceptors (Lipinski definition) is 3. The molecule has 0 aliphatic rings. The molecule has 0 saturated carbocycles. The standard InChI is InChI=1S/C19H32O2S/c1-14(2)8-9-15-10-12-16(13-11-15)17(22-7)21-18(20-6)19(3,4)5/h10-14,17-18H,8-9H2,1-7H3. The van der Waals surface area contributed by atoms with Crippen molar-refractivity contribution < 1.29 is 9.47 Å². The fourth-order valence-electron chi connectivity index (χ4n) is 2.29. The molecular weight excluding hydrogens is 292 g/mol. The van der Waals surface area contributed by atoms with Gasteiger partial charge < -0.3 is 9.47 Å². The second kappa shape index (κ2) is 8.95. The summed E-state index contributed by atoms with van der Waals surface area (Å²) in [6, 6.07) is 8.82. The Labute approximate surface area is 141 Å². The van der Waals surface area contributed by atoms with Crippen LogP contribution in [-0.4, -0.2) is 19.7 Å². The first kappa shape index (κ1) is 19.5. The average Bonchev–Trinajstić information content (AvgIpc) is 2.45. The number of rotatable bonds is 8. The highest BCUT2D eigenvalue weighted by atomic mass is 32.2. The van der Waals surface area contributed by atoms with Gasteiger partial charge in [0.1, 0.15) is 5.44 Å². The highest BCUT2D eigenvalue weighted by Gasteiger charge is 2.28. The van der Waals surface area contributed by atoms with Crippen LogP contribution in [0.15, 0.2) is 24.3 Å². The minimum absolute atomic E-state index is 0.00308. The van der Waals surface area contributed by atoms with E-state index in [9.17, 15) is 0 Å². The maximum absolute atomic E-state index is 6.18. The lowest BCUT2D eigenvalue weighted by Crippen LogP contribution is -2.31. The summed E-state index contributed by atoms with van der Waals surface area (Å²) in [5.41, 5.74) is 2.56. The SMILES string of the molecule is COC(OC(SC)c1ccc(CCC(C)C)cc1)C(C)(C)C. The summed E-state index contributed by atoms with van der Waals surface area (Å²) in [6.07, 6.45) is 4.24. The van der Waals surface area contributed by atoms with E-state index in [0.29, 0.717) is 0 Å². The topological polar surface area (TPSA) is 18.5 Å². The van der Waals surface area contributed by atoms with Crippen molar-refractivity contribution in [2.75, 3.05) is 13.4 Å². The zero-order valence-electron chi connectivity index (χ0n) is 15.2. The first-order valence-corrected chi connectivity index (χ1v) is 9.36. The zero-order chi connectivity index (χ0) is 16.8. The van der Waals surface area contributed by atoms with Crippen LogP contribution >= 0.6 is 11.8 Å². The van der Waals surface area contributed by atoms with Crippen molar-refractivity contribution in [3.63, 3.8) is 0 Å². The normalized spacial score (nSPS) is 15.1. The predicted octanol–water partition coefficient (Wildman–Crippen LogP) is 5.67. The number of ether oxygens (including phenoxy) is 2. The third-order valence-corrected chi connectivity index (χ3v) is 4.46. The molecule has 0 aliphatic heterocycles. The van der Waals surface area contributed by atoms with Crippen LogP contribution in [0.25, 0.3) is 0 Å². The van der Waals surface area contributed by atoms with E-state index < -0.39 is 0 Å².